The minimum Gasteiger partial charge on any atom is -0.383 e. The number of pyridine rings is 1. The lowest BCUT2D eigenvalue weighted by Crippen LogP contribution is -2.63. The fraction of sp³-hybridized carbons (Fsp3) is 0.360. The Morgan fingerprint density at radius 1 is 1.18 bits per heavy atom. The summed E-state index contributed by atoms with van der Waals surface area (Å²) < 4.78 is 10.9. The summed E-state index contributed by atoms with van der Waals surface area (Å²) in [5.41, 5.74) is 4.01. The van der Waals surface area contributed by atoms with E-state index in [4.69, 9.17) is 14.5 Å². The molecular weight excluding hydrogens is 432 g/mol. The van der Waals surface area contributed by atoms with Gasteiger partial charge in [0.05, 0.1) is 19.4 Å². The van der Waals surface area contributed by atoms with E-state index in [0.29, 0.717) is 50.2 Å². The number of carbonyl (C=O) groups excluding carboxylic acids is 1. The second kappa shape index (κ2) is 9.00. The Balaban J connectivity index is 1.43. The van der Waals surface area contributed by atoms with Crippen molar-refractivity contribution in [2.45, 2.75) is 18.9 Å². The number of carbonyl (C=O) groups is 1. The van der Waals surface area contributed by atoms with Crippen LogP contribution in [0.25, 0.3) is 11.1 Å². The smallest absolute Gasteiger partial charge is 0.255 e. The number of amides is 1. The minimum atomic E-state index is -0.753. The fourth-order valence-electron chi connectivity index (χ4n) is 4.56. The number of hydrogen-bond acceptors (Lipinski definition) is 8. The van der Waals surface area contributed by atoms with Crippen LogP contribution in [-0.4, -0.2) is 66.9 Å². The van der Waals surface area contributed by atoms with Crippen LogP contribution in [-0.2, 0) is 14.3 Å². The highest BCUT2D eigenvalue weighted by atomic mass is 16.5. The first-order valence-corrected chi connectivity index (χ1v) is 11.3. The Kier molecular flexibility index (Phi) is 5.89. The second-order valence-electron chi connectivity index (χ2n) is 8.63. The summed E-state index contributed by atoms with van der Waals surface area (Å²) in [6.45, 7) is 3.73. The molecule has 9 heteroatoms. The van der Waals surface area contributed by atoms with Gasteiger partial charge in [0.2, 0.25) is 5.95 Å². The van der Waals surface area contributed by atoms with E-state index >= 15 is 0 Å². The van der Waals surface area contributed by atoms with E-state index in [1.54, 1.807) is 18.2 Å². The first-order chi connectivity index (χ1) is 16.5. The van der Waals surface area contributed by atoms with Gasteiger partial charge in [0.15, 0.2) is 5.82 Å². The third-order valence-electron chi connectivity index (χ3n) is 6.53. The zero-order valence-electron chi connectivity index (χ0n) is 19.6. The van der Waals surface area contributed by atoms with Crippen LogP contribution in [0.4, 0.5) is 23.1 Å². The number of nitrogens with one attached hydrogen (secondary N) is 1. The van der Waals surface area contributed by atoms with Crippen molar-refractivity contribution in [1.82, 2.24) is 15.0 Å². The molecule has 5 rings (SSSR count). The number of methoxy groups -OCH3 is 1. The molecule has 1 saturated heterocycles. The van der Waals surface area contributed by atoms with Crippen molar-refractivity contribution in [1.29, 1.82) is 0 Å². The maximum Gasteiger partial charge on any atom is 0.255 e. The first kappa shape index (κ1) is 22.2. The van der Waals surface area contributed by atoms with Crippen LogP contribution in [0.15, 0.2) is 48.8 Å². The van der Waals surface area contributed by atoms with Crippen LogP contribution in [0.3, 0.4) is 0 Å². The van der Waals surface area contributed by atoms with Gasteiger partial charge >= 0.3 is 0 Å². The molecular formula is C25H28N6O3. The molecule has 1 unspecified atom stereocenters. The van der Waals surface area contributed by atoms with Gasteiger partial charge in [0.1, 0.15) is 11.2 Å². The average Bonchev–Trinajstić information content (AvgIpc) is 3.35. The number of anilines is 4. The van der Waals surface area contributed by atoms with Crippen LogP contribution < -0.4 is 15.1 Å². The maximum absolute atomic E-state index is 13.4. The number of aryl methyl sites for hydroxylation is 1. The molecule has 1 spiro atoms. The quantitative estimate of drug-likeness (QED) is 0.600. The number of ether oxygens (including phenoxy) is 2. The fourth-order valence-corrected chi connectivity index (χ4v) is 4.56. The number of hydrogen-bond donors (Lipinski definition) is 1. The standard InChI is InChI=1S/C25H28N6O3/c1-17-14-19(8-10-26-17)18-4-6-20(7-5-18)28-24-27-15-21-22(29-24)30(2)25(9-12-34-16-25)23(32)31(21)11-13-33-3/h4-8,10,14-15H,9,11-13,16H2,1-3H3,(H,27,28,29). The predicted molar refractivity (Wildman–Crippen MR) is 131 cm³/mol. The van der Waals surface area contributed by atoms with Gasteiger partial charge in [0.25, 0.3) is 5.91 Å². The number of aromatic nitrogens is 3. The van der Waals surface area contributed by atoms with E-state index in [2.05, 4.69) is 33.5 Å². The van der Waals surface area contributed by atoms with Crippen molar-refractivity contribution in [3.05, 3.63) is 54.5 Å². The predicted octanol–water partition coefficient (Wildman–Crippen LogP) is 3.18. The van der Waals surface area contributed by atoms with Crippen LogP contribution >= 0.6 is 0 Å². The summed E-state index contributed by atoms with van der Waals surface area (Å²) in [5.74, 6) is 1.17. The molecule has 0 saturated carbocycles. The van der Waals surface area contributed by atoms with Gasteiger partial charge in [-0.05, 0) is 42.3 Å². The number of nitrogens with zero attached hydrogens (tertiary/aromatic N) is 5. The molecule has 1 atom stereocenters. The van der Waals surface area contributed by atoms with Crippen LogP contribution in [0.5, 0.6) is 0 Å². The van der Waals surface area contributed by atoms with Gasteiger partial charge in [-0.1, -0.05) is 12.1 Å². The van der Waals surface area contributed by atoms with Crippen molar-refractivity contribution >= 4 is 29.0 Å². The molecule has 176 valence electrons. The molecule has 0 radical (unpaired) electrons. The lowest BCUT2D eigenvalue weighted by atomic mass is 9.92. The Labute approximate surface area is 198 Å². The second-order valence-corrected chi connectivity index (χ2v) is 8.63. The van der Waals surface area contributed by atoms with Crippen molar-refractivity contribution < 1.29 is 14.3 Å². The molecule has 3 aromatic rings. The van der Waals surface area contributed by atoms with Gasteiger partial charge in [0, 0.05) is 51.3 Å². The molecule has 1 N–H and O–H groups in total. The monoisotopic (exact) mass is 460 g/mol. The van der Waals surface area contributed by atoms with Crippen LogP contribution in [0.2, 0.25) is 0 Å². The summed E-state index contributed by atoms with van der Waals surface area (Å²) >= 11 is 0. The molecule has 1 aromatic carbocycles. The van der Waals surface area contributed by atoms with E-state index in [0.717, 1.165) is 22.5 Å². The van der Waals surface area contributed by atoms with Crippen molar-refractivity contribution in [2.24, 2.45) is 0 Å². The highest BCUT2D eigenvalue weighted by Gasteiger charge is 2.53. The topological polar surface area (TPSA) is 92.7 Å². The maximum atomic E-state index is 13.4. The molecule has 34 heavy (non-hydrogen) atoms. The summed E-state index contributed by atoms with van der Waals surface area (Å²) in [6, 6.07) is 12.2. The largest absolute Gasteiger partial charge is 0.383 e. The average molecular weight is 461 g/mol. The molecule has 2 aliphatic rings. The van der Waals surface area contributed by atoms with E-state index < -0.39 is 5.54 Å². The Bertz CT molecular complexity index is 1190. The summed E-state index contributed by atoms with van der Waals surface area (Å²) in [5, 5.41) is 3.29. The molecule has 1 amide bonds. The number of fused-ring (bicyclic) bond motifs is 1. The van der Waals surface area contributed by atoms with Gasteiger partial charge in [-0.15, -0.1) is 0 Å². The lowest BCUT2D eigenvalue weighted by molar-refractivity contribution is -0.124. The van der Waals surface area contributed by atoms with Gasteiger partial charge in [-0.2, -0.15) is 4.98 Å². The van der Waals surface area contributed by atoms with Gasteiger partial charge < -0.3 is 24.6 Å². The molecule has 9 nitrogen and oxygen atoms in total. The Morgan fingerprint density at radius 3 is 2.71 bits per heavy atom. The summed E-state index contributed by atoms with van der Waals surface area (Å²) in [4.78, 5) is 30.7. The van der Waals surface area contributed by atoms with Crippen molar-refractivity contribution in [3.63, 3.8) is 0 Å². The molecule has 4 heterocycles. The zero-order chi connectivity index (χ0) is 23.7. The zero-order valence-corrected chi connectivity index (χ0v) is 19.6. The van der Waals surface area contributed by atoms with E-state index in [-0.39, 0.29) is 5.91 Å². The molecule has 0 bridgehead atoms. The van der Waals surface area contributed by atoms with Crippen LogP contribution in [0, 0.1) is 6.92 Å². The SMILES string of the molecule is COCCN1C(=O)C2(CCOC2)N(C)c2nc(Nc3ccc(-c4ccnc(C)c4)cc3)ncc21. The summed E-state index contributed by atoms with van der Waals surface area (Å²) in [7, 11) is 3.53. The Morgan fingerprint density at radius 2 is 2.00 bits per heavy atom. The normalized spacial score (nSPS) is 19.6. The number of rotatable bonds is 6. The van der Waals surface area contributed by atoms with Gasteiger partial charge in [-0.25, -0.2) is 4.98 Å². The van der Waals surface area contributed by atoms with E-state index in [1.807, 2.05) is 43.3 Å². The third-order valence-corrected chi connectivity index (χ3v) is 6.53. The highest BCUT2D eigenvalue weighted by Crippen LogP contribution is 2.42. The van der Waals surface area contributed by atoms with E-state index in [9.17, 15) is 4.79 Å². The van der Waals surface area contributed by atoms with Crippen molar-refractivity contribution in [2.75, 3.05) is 55.6 Å². The minimum absolute atomic E-state index is 0.00305. The highest BCUT2D eigenvalue weighted by molar-refractivity contribution is 6.08. The number of likely N-dealkylation sites (N-methyl/N-ethyl adjacent to an activating group) is 1. The first-order valence-electron chi connectivity index (χ1n) is 11.3. The molecule has 2 aromatic heterocycles. The lowest BCUT2D eigenvalue weighted by Gasteiger charge is -2.46. The van der Waals surface area contributed by atoms with Gasteiger partial charge in [-0.3, -0.25) is 9.78 Å². The molecule has 1 fully saturated rings. The summed E-state index contributed by atoms with van der Waals surface area (Å²) in [6.07, 6.45) is 4.14. The molecule has 0 aliphatic carbocycles. The third kappa shape index (κ3) is 3.86. The number of benzene rings is 1. The Hall–Kier alpha value is -3.56. The molecule has 2 aliphatic heterocycles. The van der Waals surface area contributed by atoms with Crippen molar-refractivity contribution in [3.8, 4) is 11.1 Å². The van der Waals surface area contributed by atoms with Crippen LogP contribution in [0.1, 0.15) is 12.1 Å². The van der Waals surface area contributed by atoms with E-state index in [1.165, 1.54) is 0 Å².